The Balaban J connectivity index is 2.52. The van der Waals surface area contributed by atoms with Crippen LogP contribution in [0, 0.1) is 17.1 Å². The number of hydrogen-bond donors (Lipinski definition) is 1. The van der Waals surface area contributed by atoms with Crippen LogP contribution in [0.4, 0.5) is 17.6 Å². The molecule has 0 amide bonds. The van der Waals surface area contributed by atoms with E-state index in [2.05, 4.69) is 15.2 Å². The van der Waals surface area contributed by atoms with Crippen LogP contribution in [-0.4, -0.2) is 15.2 Å². The molecule has 0 aliphatic rings. The highest BCUT2D eigenvalue weighted by Gasteiger charge is 2.35. The molecule has 0 spiro atoms. The van der Waals surface area contributed by atoms with Gasteiger partial charge >= 0.3 is 6.18 Å². The van der Waals surface area contributed by atoms with Crippen molar-refractivity contribution in [3.63, 3.8) is 0 Å². The van der Waals surface area contributed by atoms with Crippen LogP contribution >= 0.6 is 0 Å². The molecule has 1 heterocycles. The minimum atomic E-state index is -4.71. The largest absolute Gasteiger partial charge is 0.417 e. The number of rotatable bonds is 2. The Bertz CT molecular complexity index is 639. The summed E-state index contributed by atoms with van der Waals surface area (Å²) in [6.45, 7) is 0. The lowest BCUT2D eigenvalue weighted by molar-refractivity contribution is -0.137. The fourth-order valence-electron chi connectivity index (χ4n) is 1.52. The van der Waals surface area contributed by atoms with E-state index in [1.54, 1.807) is 6.07 Å². The third-order valence-electron chi connectivity index (χ3n) is 2.31. The average molecular weight is 270 g/mol. The third kappa shape index (κ3) is 2.70. The number of aromatic nitrogens is 3. The lowest BCUT2D eigenvalue weighted by Crippen LogP contribution is -2.08. The summed E-state index contributed by atoms with van der Waals surface area (Å²) in [7, 11) is 0. The Morgan fingerprint density at radius 3 is 2.68 bits per heavy atom. The lowest BCUT2D eigenvalue weighted by Gasteiger charge is -2.10. The average Bonchev–Trinajstić information content (AvgIpc) is 2.77. The molecule has 2 aromatic rings. The molecule has 8 heteroatoms. The molecule has 0 aliphatic heterocycles. The van der Waals surface area contributed by atoms with Crippen LogP contribution in [0.1, 0.15) is 11.4 Å². The first-order chi connectivity index (χ1) is 8.91. The van der Waals surface area contributed by atoms with Crippen molar-refractivity contribution in [3.05, 3.63) is 35.4 Å². The molecule has 0 radical (unpaired) electrons. The first-order valence-corrected chi connectivity index (χ1v) is 5.07. The number of benzene rings is 1. The van der Waals surface area contributed by atoms with E-state index in [0.29, 0.717) is 6.07 Å². The number of hydrogen-bond acceptors (Lipinski definition) is 3. The van der Waals surface area contributed by atoms with Gasteiger partial charge in [0, 0.05) is 5.56 Å². The van der Waals surface area contributed by atoms with Crippen molar-refractivity contribution < 1.29 is 17.6 Å². The highest BCUT2D eigenvalue weighted by atomic mass is 19.4. The highest BCUT2D eigenvalue weighted by Crippen LogP contribution is 2.36. The molecule has 0 saturated heterocycles. The van der Waals surface area contributed by atoms with E-state index in [0.717, 1.165) is 12.1 Å². The number of alkyl halides is 3. The molecule has 0 saturated carbocycles. The highest BCUT2D eigenvalue weighted by molar-refractivity contribution is 5.61. The SMILES string of the molecule is N#CCc1nc(-c2ccc(F)cc2C(F)(F)F)n[nH]1. The van der Waals surface area contributed by atoms with Crippen molar-refractivity contribution in [3.8, 4) is 17.5 Å². The van der Waals surface area contributed by atoms with Gasteiger partial charge < -0.3 is 0 Å². The molecule has 19 heavy (non-hydrogen) atoms. The fourth-order valence-corrected chi connectivity index (χ4v) is 1.52. The first kappa shape index (κ1) is 13.0. The van der Waals surface area contributed by atoms with Crippen LogP contribution in [-0.2, 0) is 12.6 Å². The van der Waals surface area contributed by atoms with Gasteiger partial charge in [-0.25, -0.2) is 9.37 Å². The Morgan fingerprint density at radius 2 is 2.05 bits per heavy atom. The predicted octanol–water partition coefficient (Wildman–Crippen LogP) is 2.70. The number of nitrogens with one attached hydrogen (secondary N) is 1. The van der Waals surface area contributed by atoms with Gasteiger partial charge in [-0.05, 0) is 18.2 Å². The van der Waals surface area contributed by atoms with Crippen molar-refractivity contribution in [2.45, 2.75) is 12.6 Å². The molecule has 2 rings (SSSR count). The second-order valence-corrected chi connectivity index (χ2v) is 3.63. The normalized spacial score (nSPS) is 11.3. The number of aromatic amines is 1. The number of nitrogens with zero attached hydrogens (tertiary/aromatic N) is 3. The molecule has 1 aromatic heterocycles. The predicted molar refractivity (Wildman–Crippen MR) is 56.1 cm³/mol. The second kappa shape index (κ2) is 4.68. The van der Waals surface area contributed by atoms with E-state index in [-0.39, 0.29) is 23.6 Å². The van der Waals surface area contributed by atoms with Gasteiger partial charge in [0.05, 0.1) is 18.1 Å². The van der Waals surface area contributed by atoms with Crippen molar-refractivity contribution in [2.24, 2.45) is 0 Å². The molecular weight excluding hydrogens is 264 g/mol. The van der Waals surface area contributed by atoms with Crippen molar-refractivity contribution >= 4 is 0 Å². The zero-order valence-electron chi connectivity index (χ0n) is 9.29. The fraction of sp³-hybridized carbons (Fsp3) is 0.182. The minimum Gasteiger partial charge on any atom is -0.262 e. The Kier molecular flexibility index (Phi) is 3.21. The Hall–Kier alpha value is -2.43. The smallest absolute Gasteiger partial charge is 0.262 e. The van der Waals surface area contributed by atoms with Gasteiger partial charge in [0.1, 0.15) is 11.6 Å². The zero-order valence-corrected chi connectivity index (χ0v) is 9.29. The minimum absolute atomic E-state index is 0.102. The summed E-state index contributed by atoms with van der Waals surface area (Å²) < 4.78 is 51.3. The van der Waals surface area contributed by atoms with Crippen molar-refractivity contribution in [2.75, 3.05) is 0 Å². The van der Waals surface area contributed by atoms with Crippen molar-refractivity contribution in [1.82, 2.24) is 15.2 Å². The number of halogens is 4. The summed E-state index contributed by atoms with van der Waals surface area (Å²) in [6, 6.07) is 4.02. The molecule has 0 atom stereocenters. The van der Waals surface area contributed by atoms with Gasteiger partial charge in [-0.3, -0.25) is 5.10 Å². The van der Waals surface area contributed by atoms with E-state index < -0.39 is 17.6 Å². The van der Waals surface area contributed by atoms with E-state index in [4.69, 9.17) is 5.26 Å². The molecular formula is C11H6F4N4. The summed E-state index contributed by atoms with van der Waals surface area (Å²) in [5, 5.41) is 14.4. The monoisotopic (exact) mass is 270 g/mol. The van der Waals surface area contributed by atoms with Gasteiger partial charge in [-0.1, -0.05) is 0 Å². The van der Waals surface area contributed by atoms with Crippen LogP contribution < -0.4 is 0 Å². The Labute approximate surface area is 104 Å². The maximum absolute atomic E-state index is 12.9. The van der Waals surface area contributed by atoms with E-state index in [1.165, 1.54) is 0 Å². The van der Waals surface area contributed by atoms with Gasteiger partial charge in [0.2, 0.25) is 0 Å². The van der Waals surface area contributed by atoms with E-state index in [1.807, 2.05) is 0 Å². The van der Waals surface area contributed by atoms with E-state index >= 15 is 0 Å². The maximum atomic E-state index is 12.9. The summed E-state index contributed by atoms with van der Waals surface area (Å²) >= 11 is 0. The van der Waals surface area contributed by atoms with Gasteiger partial charge in [-0.15, -0.1) is 0 Å². The van der Waals surface area contributed by atoms with Crippen LogP contribution in [0.2, 0.25) is 0 Å². The van der Waals surface area contributed by atoms with Gasteiger partial charge in [0.25, 0.3) is 0 Å². The van der Waals surface area contributed by atoms with Crippen LogP contribution in [0.15, 0.2) is 18.2 Å². The first-order valence-electron chi connectivity index (χ1n) is 5.07. The summed E-state index contributed by atoms with van der Waals surface area (Å²) in [5.74, 6) is -1.07. The van der Waals surface area contributed by atoms with Crippen LogP contribution in [0.3, 0.4) is 0 Å². The van der Waals surface area contributed by atoms with Crippen LogP contribution in [0.25, 0.3) is 11.4 Å². The molecule has 1 N–H and O–H groups in total. The number of H-pyrrole nitrogens is 1. The summed E-state index contributed by atoms with van der Waals surface area (Å²) in [4.78, 5) is 3.76. The van der Waals surface area contributed by atoms with E-state index in [9.17, 15) is 17.6 Å². The lowest BCUT2D eigenvalue weighted by atomic mass is 10.1. The summed E-state index contributed by atoms with van der Waals surface area (Å²) in [5.41, 5.74) is -1.50. The third-order valence-corrected chi connectivity index (χ3v) is 2.31. The zero-order chi connectivity index (χ0) is 14.0. The molecule has 0 aliphatic carbocycles. The molecule has 1 aromatic carbocycles. The molecule has 98 valence electrons. The standard InChI is InChI=1S/C11H6F4N4/c12-6-1-2-7(8(5-6)11(13,14)15)10-17-9(3-4-16)18-19-10/h1-2,5H,3H2,(H,17,18,19). The maximum Gasteiger partial charge on any atom is 0.417 e. The quantitative estimate of drug-likeness (QED) is 0.853. The molecule has 0 unspecified atom stereocenters. The number of nitriles is 1. The molecule has 4 nitrogen and oxygen atoms in total. The Morgan fingerprint density at radius 1 is 1.32 bits per heavy atom. The molecule has 0 bridgehead atoms. The molecule has 0 fully saturated rings. The summed E-state index contributed by atoms with van der Waals surface area (Å²) in [6.07, 6.45) is -4.82. The van der Waals surface area contributed by atoms with Crippen molar-refractivity contribution in [1.29, 1.82) is 5.26 Å². The second-order valence-electron chi connectivity index (χ2n) is 3.63. The topological polar surface area (TPSA) is 65.4 Å². The van der Waals surface area contributed by atoms with Gasteiger partial charge in [-0.2, -0.15) is 23.5 Å². The van der Waals surface area contributed by atoms with Gasteiger partial charge in [0.15, 0.2) is 5.82 Å². The van der Waals surface area contributed by atoms with Crippen LogP contribution in [0.5, 0.6) is 0 Å².